The molecule has 3 unspecified atom stereocenters. The topological polar surface area (TPSA) is 97.0 Å². The third-order valence-corrected chi connectivity index (χ3v) is 7.82. The van der Waals surface area contributed by atoms with Gasteiger partial charge >= 0.3 is 6.09 Å². The van der Waals surface area contributed by atoms with Gasteiger partial charge in [-0.25, -0.2) is 4.79 Å². The monoisotopic (exact) mass is 609 g/mol. The van der Waals surface area contributed by atoms with Gasteiger partial charge in [0, 0.05) is 12.2 Å². The van der Waals surface area contributed by atoms with Crippen LogP contribution >= 0.6 is 0 Å². The predicted molar refractivity (Wildman–Crippen MR) is 178 cm³/mol. The normalized spacial score (nSPS) is 13.4. The van der Waals surface area contributed by atoms with Gasteiger partial charge in [-0.3, -0.25) is 9.59 Å². The molecular weight excluding hydrogens is 554 g/mol. The van der Waals surface area contributed by atoms with Crippen LogP contribution in [-0.4, -0.2) is 48.1 Å². The Morgan fingerprint density at radius 2 is 1.55 bits per heavy atom. The molecule has 0 aromatic heterocycles. The molecule has 0 aliphatic rings. The standard InChI is InChI=1S/C36H55N3O5/c1-10-12-13-14-15-16-23-39(34(41)31(26(4)11-2)38-35(42)44-36(6,7)8)32(30-22-17-25(3)24-27(30)5)33(40)37-28-18-20-29(43-9)21-19-28/h17-22,24,26,31-32H,10-16,23H2,1-9H3,(H,37,40)(H,38,42). The number of hydrogen-bond acceptors (Lipinski definition) is 5. The minimum atomic E-state index is -0.909. The van der Waals surface area contributed by atoms with Crippen LogP contribution in [0.5, 0.6) is 5.75 Å². The van der Waals surface area contributed by atoms with Gasteiger partial charge in [0.05, 0.1) is 7.11 Å². The SMILES string of the molecule is CCCCCCCCN(C(=O)C(NC(=O)OC(C)(C)C)C(C)CC)C(C(=O)Nc1ccc(OC)cc1)c1ccc(C)cc1C. The lowest BCUT2D eigenvalue weighted by Crippen LogP contribution is -2.55. The van der Waals surface area contributed by atoms with E-state index in [1.165, 1.54) is 6.42 Å². The van der Waals surface area contributed by atoms with Crippen LogP contribution in [0.3, 0.4) is 0 Å². The predicted octanol–water partition coefficient (Wildman–Crippen LogP) is 8.12. The molecule has 8 nitrogen and oxygen atoms in total. The highest BCUT2D eigenvalue weighted by Gasteiger charge is 2.38. The lowest BCUT2D eigenvalue weighted by molar-refractivity contribution is -0.142. The van der Waals surface area contributed by atoms with Gasteiger partial charge in [0.2, 0.25) is 5.91 Å². The van der Waals surface area contributed by atoms with E-state index >= 15 is 0 Å². The number of carbonyl (C=O) groups excluding carboxylic acids is 3. The number of ether oxygens (including phenoxy) is 2. The summed E-state index contributed by atoms with van der Waals surface area (Å²) in [6.07, 6.45) is 6.21. The summed E-state index contributed by atoms with van der Waals surface area (Å²) in [5, 5.41) is 5.90. The van der Waals surface area contributed by atoms with Gasteiger partial charge in [-0.2, -0.15) is 0 Å². The lowest BCUT2D eigenvalue weighted by atomic mass is 9.93. The Morgan fingerprint density at radius 3 is 2.11 bits per heavy atom. The number of rotatable bonds is 16. The van der Waals surface area contributed by atoms with Gasteiger partial charge in [0.25, 0.3) is 5.91 Å². The number of anilines is 1. The minimum absolute atomic E-state index is 0.188. The van der Waals surface area contributed by atoms with Crippen molar-refractivity contribution in [3.63, 3.8) is 0 Å². The van der Waals surface area contributed by atoms with E-state index in [0.717, 1.165) is 48.8 Å². The molecule has 0 saturated heterocycles. The van der Waals surface area contributed by atoms with Gasteiger partial charge in [0.15, 0.2) is 0 Å². The van der Waals surface area contributed by atoms with Crippen molar-refractivity contribution in [2.24, 2.45) is 5.92 Å². The molecule has 244 valence electrons. The third kappa shape index (κ3) is 11.5. The Balaban J connectivity index is 2.57. The number of alkyl carbamates (subject to hydrolysis) is 1. The highest BCUT2D eigenvalue weighted by Crippen LogP contribution is 2.30. The first-order valence-electron chi connectivity index (χ1n) is 16.1. The highest BCUT2D eigenvalue weighted by atomic mass is 16.6. The fourth-order valence-electron chi connectivity index (χ4n) is 5.19. The molecule has 0 bridgehead atoms. The molecule has 44 heavy (non-hydrogen) atoms. The first-order valence-corrected chi connectivity index (χ1v) is 16.1. The van der Waals surface area contributed by atoms with Crippen molar-refractivity contribution in [1.82, 2.24) is 10.2 Å². The summed E-state index contributed by atoms with van der Waals surface area (Å²) in [6.45, 7) is 15.8. The van der Waals surface area contributed by atoms with Crippen LogP contribution < -0.4 is 15.4 Å². The van der Waals surface area contributed by atoms with E-state index in [4.69, 9.17) is 9.47 Å². The van der Waals surface area contributed by atoms with E-state index < -0.39 is 23.8 Å². The first-order chi connectivity index (χ1) is 20.8. The van der Waals surface area contributed by atoms with Crippen LogP contribution in [0.1, 0.15) is 109 Å². The van der Waals surface area contributed by atoms with Crippen molar-refractivity contribution in [2.45, 2.75) is 118 Å². The van der Waals surface area contributed by atoms with Crippen LogP contribution in [-0.2, 0) is 14.3 Å². The summed E-state index contributed by atoms with van der Waals surface area (Å²) in [7, 11) is 1.59. The smallest absolute Gasteiger partial charge is 0.408 e. The zero-order valence-electron chi connectivity index (χ0n) is 28.4. The van der Waals surface area contributed by atoms with Crippen LogP contribution in [0.15, 0.2) is 42.5 Å². The van der Waals surface area contributed by atoms with Gasteiger partial charge in [0.1, 0.15) is 23.4 Å². The van der Waals surface area contributed by atoms with Gasteiger partial charge in [-0.05, 0) is 82.3 Å². The van der Waals surface area contributed by atoms with Crippen molar-refractivity contribution >= 4 is 23.6 Å². The molecule has 3 amide bonds. The molecule has 2 aromatic rings. The highest BCUT2D eigenvalue weighted by molar-refractivity contribution is 5.99. The Bertz CT molecular complexity index is 1210. The number of amides is 3. The number of carbonyl (C=O) groups is 3. The second-order valence-electron chi connectivity index (χ2n) is 12.8. The van der Waals surface area contributed by atoms with Crippen molar-refractivity contribution in [2.75, 3.05) is 19.0 Å². The maximum absolute atomic E-state index is 14.6. The number of unbranched alkanes of at least 4 members (excludes halogenated alkanes) is 5. The Labute approximate surface area is 265 Å². The van der Waals surface area contributed by atoms with Crippen LogP contribution in [0, 0.1) is 19.8 Å². The van der Waals surface area contributed by atoms with Crippen LogP contribution in [0.2, 0.25) is 0 Å². The average molecular weight is 610 g/mol. The molecule has 0 radical (unpaired) electrons. The maximum Gasteiger partial charge on any atom is 0.408 e. The van der Waals surface area contributed by atoms with E-state index in [1.54, 1.807) is 57.0 Å². The average Bonchev–Trinajstić information content (AvgIpc) is 2.96. The summed E-state index contributed by atoms with van der Waals surface area (Å²) >= 11 is 0. The molecular formula is C36H55N3O5. The van der Waals surface area contributed by atoms with Crippen LogP contribution in [0.4, 0.5) is 10.5 Å². The molecule has 2 aromatic carbocycles. The molecule has 3 atom stereocenters. The summed E-state index contributed by atoms with van der Waals surface area (Å²) in [5.41, 5.74) is 2.62. The summed E-state index contributed by atoms with van der Waals surface area (Å²) in [6, 6.07) is 11.3. The molecule has 8 heteroatoms. The molecule has 2 N–H and O–H groups in total. The summed E-state index contributed by atoms with van der Waals surface area (Å²) in [5.74, 6) is -0.125. The first kappa shape index (κ1) is 36.6. The minimum Gasteiger partial charge on any atom is -0.497 e. The number of hydrogen-bond donors (Lipinski definition) is 2. The molecule has 0 spiro atoms. The Kier molecular flexibility index (Phi) is 14.7. The summed E-state index contributed by atoms with van der Waals surface area (Å²) < 4.78 is 10.8. The van der Waals surface area contributed by atoms with Crippen molar-refractivity contribution < 1.29 is 23.9 Å². The largest absolute Gasteiger partial charge is 0.497 e. The zero-order valence-corrected chi connectivity index (χ0v) is 28.4. The second kappa shape index (κ2) is 17.7. The van der Waals surface area contributed by atoms with Crippen molar-refractivity contribution in [1.29, 1.82) is 0 Å². The second-order valence-corrected chi connectivity index (χ2v) is 12.8. The van der Waals surface area contributed by atoms with Crippen molar-refractivity contribution in [3.8, 4) is 5.75 Å². The van der Waals surface area contributed by atoms with E-state index in [-0.39, 0.29) is 17.7 Å². The summed E-state index contributed by atoms with van der Waals surface area (Å²) in [4.78, 5) is 43.5. The number of aryl methyl sites for hydroxylation is 2. The molecule has 2 rings (SSSR count). The maximum atomic E-state index is 14.6. The Morgan fingerprint density at radius 1 is 0.909 bits per heavy atom. The molecule has 0 aliphatic carbocycles. The van der Waals surface area contributed by atoms with Gasteiger partial charge in [-0.1, -0.05) is 83.1 Å². The number of nitrogens with one attached hydrogen (secondary N) is 2. The number of benzene rings is 2. The quantitative estimate of drug-likeness (QED) is 0.187. The van der Waals surface area contributed by atoms with E-state index in [2.05, 4.69) is 17.6 Å². The van der Waals surface area contributed by atoms with Gasteiger partial charge < -0.3 is 25.0 Å². The molecule has 0 heterocycles. The van der Waals surface area contributed by atoms with E-state index in [1.807, 2.05) is 45.9 Å². The fourth-order valence-corrected chi connectivity index (χ4v) is 5.19. The van der Waals surface area contributed by atoms with E-state index in [9.17, 15) is 14.4 Å². The van der Waals surface area contributed by atoms with Crippen molar-refractivity contribution in [3.05, 3.63) is 59.2 Å². The number of methoxy groups -OCH3 is 1. The third-order valence-electron chi connectivity index (χ3n) is 7.82. The lowest BCUT2D eigenvalue weighted by Gasteiger charge is -2.36. The number of nitrogens with zero attached hydrogens (tertiary/aromatic N) is 1. The molecule has 0 aliphatic heterocycles. The zero-order chi connectivity index (χ0) is 32.9. The molecule has 0 fully saturated rings. The van der Waals surface area contributed by atoms with E-state index in [0.29, 0.717) is 24.4 Å². The Hall–Kier alpha value is -3.55. The van der Waals surface area contributed by atoms with Crippen LogP contribution in [0.25, 0.3) is 0 Å². The van der Waals surface area contributed by atoms with Gasteiger partial charge in [-0.15, -0.1) is 0 Å². The molecule has 0 saturated carbocycles. The fraction of sp³-hybridized carbons (Fsp3) is 0.583.